The highest BCUT2D eigenvalue weighted by atomic mass is 79.9. The third kappa shape index (κ3) is 5.92. The van der Waals surface area contributed by atoms with Crippen molar-refractivity contribution in [3.05, 3.63) is 20.8 Å². The molecule has 1 rings (SSSR count). The third-order valence-electron chi connectivity index (χ3n) is 2.78. The largest absolute Gasteiger partial charge is 0.481 e. The van der Waals surface area contributed by atoms with E-state index in [0.717, 1.165) is 8.66 Å². The van der Waals surface area contributed by atoms with Crippen LogP contribution in [0, 0.1) is 5.41 Å². The van der Waals surface area contributed by atoms with Gasteiger partial charge in [0, 0.05) is 10.9 Å². The number of aliphatic carboxylic acids is 1. The summed E-state index contributed by atoms with van der Waals surface area (Å²) in [6.07, 6.45) is -0.0958. The molecule has 0 aliphatic rings. The molecule has 3 N–H and O–H groups in total. The van der Waals surface area contributed by atoms with Crippen LogP contribution in [0.25, 0.3) is 0 Å². The monoisotopic (exact) mass is 362 g/mol. The lowest BCUT2D eigenvalue weighted by Crippen LogP contribution is -2.48. The van der Waals surface area contributed by atoms with E-state index in [1.807, 2.05) is 32.9 Å². The lowest BCUT2D eigenvalue weighted by Gasteiger charge is -2.30. The van der Waals surface area contributed by atoms with Crippen molar-refractivity contribution in [2.45, 2.75) is 39.8 Å². The van der Waals surface area contributed by atoms with Crippen molar-refractivity contribution in [2.24, 2.45) is 5.41 Å². The van der Waals surface area contributed by atoms with E-state index in [1.54, 1.807) is 11.3 Å². The van der Waals surface area contributed by atoms with E-state index >= 15 is 0 Å². The molecule has 5 nitrogen and oxygen atoms in total. The number of thiophene rings is 1. The quantitative estimate of drug-likeness (QED) is 0.752. The number of carboxylic acid groups (broad SMARTS) is 1. The van der Waals surface area contributed by atoms with Gasteiger partial charge in [-0.2, -0.15) is 0 Å². The minimum Gasteiger partial charge on any atom is -0.481 e. The molecular formula is C13H19BrN2O3S. The zero-order valence-corrected chi connectivity index (χ0v) is 14.1. The van der Waals surface area contributed by atoms with E-state index in [-0.39, 0.29) is 17.9 Å². The first kappa shape index (κ1) is 17.0. The first-order valence-corrected chi connectivity index (χ1v) is 7.80. The topological polar surface area (TPSA) is 78.4 Å². The fourth-order valence-corrected chi connectivity index (χ4v) is 2.99. The lowest BCUT2D eigenvalue weighted by molar-refractivity contribution is -0.138. The molecule has 1 unspecified atom stereocenters. The van der Waals surface area contributed by atoms with Crippen LogP contribution in [0.2, 0.25) is 0 Å². The Bertz CT molecular complexity index is 482. The van der Waals surface area contributed by atoms with Gasteiger partial charge >= 0.3 is 12.0 Å². The molecule has 0 radical (unpaired) electrons. The molecule has 1 aromatic rings. The highest BCUT2D eigenvalue weighted by molar-refractivity contribution is 9.11. The van der Waals surface area contributed by atoms with Gasteiger partial charge in [-0.15, -0.1) is 11.3 Å². The predicted octanol–water partition coefficient (Wildman–Crippen LogP) is 3.20. The molecule has 112 valence electrons. The summed E-state index contributed by atoms with van der Waals surface area (Å²) in [5, 5.41) is 14.4. The van der Waals surface area contributed by atoms with E-state index in [4.69, 9.17) is 5.11 Å². The molecule has 0 saturated heterocycles. The van der Waals surface area contributed by atoms with Crippen LogP contribution in [-0.4, -0.2) is 23.1 Å². The minimum absolute atomic E-state index is 0.0958. The van der Waals surface area contributed by atoms with Gasteiger partial charge in [-0.25, -0.2) is 4.79 Å². The van der Waals surface area contributed by atoms with E-state index in [9.17, 15) is 9.59 Å². The Morgan fingerprint density at radius 2 is 2.05 bits per heavy atom. The third-order valence-corrected chi connectivity index (χ3v) is 4.41. The molecule has 0 aliphatic carbocycles. The summed E-state index contributed by atoms with van der Waals surface area (Å²) in [6.45, 7) is 6.12. The van der Waals surface area contributed by atoms with E-state index < -0.39 is 12.0 Å². The van der Waals surface area contributed by atoms with E-state index in [1.165, 1.54) is 0 Å². The maximum atomic E-state index is 11.8. The fourth-order valence-electron chi connectivity index (χ4n) is 1.57. The van der Waals surface area contributed by atoms with Crippen molar-refractivity contribution in [1.82, 2.24) is 10.6 Å². The van der Waals surface area contributed by atoms with Crippen LogP contribution < -0.4 is 10.6 Å². The van der Waals surface area contributed by atoms with Gasteiger partial charge in [0.05, 0.1) is 16.8 Å². The molecular weight excluding hydrogens is 344 g/mol. The highest BCUT2D eigenvalue weighted by Crippen LogP contribution is 2.23. The molecule has 7 heteroatoms. The first-order valence-electron chi connectivity index (χ1n) is 6.19. The van der Waals surface area contributed by atoms with Gasteiger partial charge in [0.25, 0.3) is 0 Å². The number of carbonyl (C=O) groups is 2. The number of nitrogens with one attached hydrogen (secondary N) is 2. The second-order valence-corrected chi connectivity index (χ2v) is 8.10. The summed E-state index contributed by atoms with van der Waals surface area (Å²) in [5.74, 6) is -0.924. The molecule has 0 spiro atoms. The van der Waals surface area contributed by atoms with Crippen molar-refractivity contribution >= 4 is 39.3 Å². The zero-order chi connectivity index (χ0) is 15.3. The Kier molecular flexibility index (Phi) is 6.01. The fraction of sp³-hybridized carbons (Fsp3) is 0.538. The Morgan fingerprint density at radius 1 is 1.40 bits per heavy atom. The maximum absolute atomic E-state index is 11.8. The van der Waals surface area contributed by atoms with Crippen LogP contribution in [0.4, 0.5) is 4.79 Å². The van der Waals surface area contributed by atoms with E-state index in [2.05, 4.69) is 26.6 Å². The molecule has 1 atom stereocenters. The average molecular weight is 363 g/mol. The molecule has 0 bridgehead atoms. The number of amides is 2. The minimum atomic E-state index is -0.924. The standard InChI is InChI=1S/C13H19BrN2O3S/c1-13(2,3)9(6-11(17)18)16-12(19)15-7-8-4-5-10(14)20-8/h4-5,9H,6-7H2,1-3H3,(H,17,18)(H2,15,16,19). The van der Waals surface area contributed by atoms with Crippen LogP contribution in [0.5, 0.6) is 0 Å². The summed E-state index contributed by atoms with van der Waals surface area (Å²) in [6, 6.07) is 3.07. The highest BCUT2D eigenvalue weighted by Gasteiger charge is 2.28. The van der Waals surface area contributed by atoms with Gasteiger partial charge in [0.1, 0.15) is 0 Å². The summed E-state index contributed by atoms with van der Waals surface area (Å²) in [4.78, 5) is 23.7. The first-order chi connectivity index (χ1) is 9.18. The number of rotatable bonds is 5. The van der Waals surface area contributed by atoms with Crippen molar-refractivity contribution in [3.63, 3.8) is 0 Å². The molecule has 20 heavy (non-hydrogen) atoms. The Morgan fingerprint density at radius 3 is 2.50 bits per heavy atom. The number of hydrogen-bond acceptors (Lipinski definition) is 3. The Balaban J connectivity index is 2.51. The number of carboxylic acids is 1. The predicted molar refractivity (Wildman–Crippen MR) is 82.9 cm³/mol. The normalized spacial score (nSPS) is 12.8. The van der Waals surface area contributed by atoms with Gasteiger partial charge in [-0.1, -0.05) is 20.8 Å². The second-order valence-electron chi connectivity index (χ2n) is 5.55. The van der Waals surface area contributed by atoms with Crippen LogP contribution in [0.15, 0.2) is 15.9 Å². The molecule has 0 saturated carbocycles. The smallest absolute Gasteiger partial charge is 0.315 e. The maximum Gasteiger partial charge on any atom is 0.315 e. The van der Waals surface area contributed by atoms with Gasteiger partial charge in [0.2, 0.25) is 0 Å². The van der Waals surface area contributed by atoms with Crippen LogP contribution >= 0.6 is 27.3 Å². The number of halogens is 1. The van der Waals surface area contributed by atoms with Crippen LogP contribution in [0.1, 0.15) is 32.1 Å². The Labute approximate surface area is 130 Å². The number of carbonyl (C=O) groups excluding carboxylic acids is 1. The molecule has 1 heterocycles. The summed E-state index contributed by atoms with van der Waals surface area (Å²) in [5.41, 5.74) is -0.318. The molecule has 0 aromatic carbocycles. The lowest BCUT2D eigenvalue weighted by atomic mass is 9.85. The van der Waals surface area contributed by atoms with Gasteiger partial charge in [0.15, 0.2) is 0 Å². The second kappa shape index (κ2) is 7.08. The Hall–Kier alpha value is -1.08. The van der Waals surface area contributed by atoms with Crippen molar-refractivity contribution < 1.29 is 14.7 Å². The summed E-state index contributed by atoms with van der Waals surface area (Å²) >= 11 is 4.90. The number of hydrogen-bond donors (Lipinski definition) is 3. The molecule has 2 amide bonds. The zero-order valence-electron chi connectivity index (χ0n) is 11.7. The van der Waals surface area contributed by atoms with Gasteiger partial charge in [-0.3, -0.25) is 4.79 Å². The van der Waals surface area contributed by atoms with Crippen molar-refractivity contribution in [2.75, 3.05) is 0 Å². The summed E-state index contributed by atoms with van der Waals surface area (Å²) in [7, 11) is 0. The summed E-state index contributed by atoms with van der Waals surface area (Å²) < 4.78 is 1.01. The molecule has 1 aromatic heterocycles. The van der Waals surface area contributed by atoms with Gasteiger partial charge < -0.3 is 15.7 Å². The van der Waals surface area contributed by atoms with E-state index in [0.29, 0.717) is 6.54 Å². The van der Waals surface area contributed by atoms with Crippen LogP contribution in [0.3, 0.4) is 0 Å². The SMILES string of the molecule is CC(C)(C)C(CC(=O)O)NC(=O)NCc1ccc(Br)s1. The average Bonchev–Trinajstić information content (AvgIpc) is 2.70. The number of urea groups is 1. The molecule has 0 fully saturated rings. The van der Waals surface area contributed by atoms with Gasteiger partial charge in [-0.05, 0) is 33.5 Å². The molecule has 0 aliphatic heterocycles. The van der Waals surface area contributed by atoms with Crippen molar-refractivity contribution in [3.8, 4) is 0 Å². The van der Waals surface area contributed by atoms with Crippen LogP contribution in [-0.2, 0) is 11.3 Å². The van der Waals surface area contributed by atoms with Crippen molar-refractivity contribution in [1.29, 1.82) is 0 Å².